The molecule has 0 atom stereocenters. The third kappa shape index (κ3) is 2.54. The predicted molar refractivity (Wildman–Crippen MR) is 47.7 cm³/mol. The Balaban J connectivity index is 2.43. The molecule has 0 saturated heterocycles. The highest BCUT2D eigenvalue weighted by Gasteiger charge is 1.93. The summed E-state index contributed by atoms with van der Waals surface area (Å²) in [5, 5.41) is 13.7. The van der Waals surface area contributed by atoms with Crippen molar-refractivity contribution in [1.82, 2.24) is 0 Å². The fraction of sp³-hybridized carbons (Fsp3) is 0.111. The van der Waals surface area contributed by atoms with E-state index in [4.69, 9.17) is 15.6 Å². The van der Waals surface area contributed by atoms with Crippen molar-refractivity contribution in [2.45, 2.75) is 6.61 Å². The summed E-state index contributed by atoms with van der Waals surface area (Å²) in [6.45, 7) is 0.356. The Labute approximate surface area is 71.0 Å². The van der Waals surface area contributed by atoms with E-state index >= 15 is 0 Å². The number of nitrogens with one attached hydrogen (secondary N) is 2. The molecule has 0 unspecified atom stereocenters. The summed E-state index contributed by atoms with van der Waals surface area (Å²) < 4.78 is 4.92. The van der Waals surface area contributed by atoms with Crippen molar-refractivity contribution in [3.8, 4) is 0 Å². The van der Waals surface area contributed by atoms with Crippen LogP contribution in [0.5, 0.6) is 0 Å². The Morgan fingerprint density at radius 2 is 2.00 bits per heavy atom. The van der Waals surface area contributed by atoms with E-state index in [2.05, 4.69) is 0 Å². The minimum atomic E-state index is -0.112. The SMILES string of the molecule is N=CC(=N)OCc1ccccc1. The quantitative estimate of drug-likeness (QED) is 0.517. The van der Waals surface area contributed by atoms with Gasteiger partial charge in [-0.3, -0.25) is 5.41 Å². The number of rotatable bonds is 3. The molecule has 0 aromatic heterocycles. The Bertz CT molecular complexity index is 269. The molecule has 1 aromatic carbocycles. The third-order valence-electron chi connectivity index (χ3n) is 1.37. The van der Waals surface area contributed by atoms with E-state index < -0.39 is 0 Å². The molecule has 1 aromatic rings. The van der Waals surface area contributed by atoms with Gasteiger partial charge in [0.15, 0.2) is 0 Å². The van der Waals surface area contributed by atoms with E-state index in [-0.39, 0.29) is 5.90 Å². The van der Waals surface area contributed by atoms with Gasteiger partial charge in [0.05, 0.1) is 6.21 Å². The molecule has 0 amide bonds. The molecular weight excluding hydrogens is 152 g/mol. The van der Waals surface area contributed by atoms with Gasteiger partial charge < -0.3 is 10.1 Å². The molecule has 0 spiro atoms. The number of hydrogen-bond acceptors (Lipinski definition) is 3. The van der Waals surface area contributed by atoms with Gasteiger partial charge in [-0.1, -0.05) is 30.3 Å². The molecule has 0 heterocycles. The van der Waals surface area contributed by atoms with Crippen molar-refractivity contribution in [3.05, 3.63) is 35.9 Å². The maximum absolute atomic E-state index is 7.02. The van der Waals surface area contributed by atoms with Gasteiger partial charge >= 0.3 is 0 Å². The molecule has 0 aliphatic carbocycles. The minimum absolute atomic E-state index is 0.112. The van der Waals surface area contributed by atoms with Crippen LogP contribution in [0, 0.1) is 10.8 Å². The molecule has 0 aliphatic heterocycles. The van der Waals surface area contributed by atoms with Gasteiger partial charge in [-0.25, -0.2) is 0 Å². The minimum Gasteiger partial charge on any atom is -0.472 e. The van der Waals surface area contributed by atoms with Crippen LogP contribution in [0.3, 0.4) is 0 Å². The van der Waals surface area contributed by atoms with Crippen LogP contribution in [0.2, 0.25) is 0 Å². The molecule has 0 aliphatic rings. The zero-order valence-electron chi connectivity index (χ0n) is 6.58. The smallest absolute Gasteiger partial charge is 0.224 e. The van der Waals surface area contributed by atoms with Gasteiger partial charge in [0.1, 0.15) is 6.61 Å². The molecule has 0 fully saturated rings. The summed E-state index contributed by atoms with van der Waals surface area (Å²) in [5.41, 5.74) is 1.00. The molecule has 3 nitrogen and oxygen atoms in total. The maximum Gasteiger partial charge on any atom is 0.224 e. The van der Waals surface area contributed by atoms with Crippen molar-refractivity contribution < 1.29 is 4.74 Å². The van der Waals surface area contributed by atoms with Gasteiger partial charge in [-0.05, 0) is 5.56 Å². The van der Waals surface area contributed by atoms with E-state index in [1.54, 1.807) is 0 Å². The molecule has 12 heavy (non-hydrogen) atoms. The first-order valence-corrected chi connectivity index (χ1v) is 3.58. The Hall–Kier alpha value is -1.64. The second-order valence-electron chi connectivity index (χ2n) is 2.28. The van der Waals surface area contributed by atoms with Gasteiger partial charge in [-0.15, -0.1) is 0 Å². The van der Waals surface area contributed by atoms with E-state index in [0.29, 0.717) is 6.61 Å². The normalized spacial score (nSPS) is 9.00. The van der Waals surface area contributed by atoms with Crippen LogP contribution in [0.1, 0.15) is 5.56 Å². The van der Waals surface area contributed by atoms with Gasteiger partial charge in [0.25, 0.3) is 0 Å². The average molecular weight is 162 g/mol. The first-order chi connectivity index (χ1) is 5.83. The molecule has 0 bridgehead atoms. The molecule has 62 valence electrons. The predicted octanol–water partition coefficient (Wildman–Crippen LogP) is 1.83. The van der Waals surface area contributed by atoms with Crippen LogP contribution in [-0.4, -0.2) is 12.1 Å². The van der Waals surface area contributed by atoms with E-state index in [9.17, 15) is 0 Å². The summed E-state index contributed by atoms with van der Waals surface area (Å²) >= 11 is 0. The first-order valence-electron chi connectivity index (χ1n) is 3.58. The van der Waals surface area contributed by atoms with Crippen LogP contribution in [0.4, 0.5) is 0 Å². The van der Waals surface area contributed by atoms with E-state index in [1.165, 1.54) is 0 Å². The molecular formula is C9H10N2O. The van der Waals surface area contributed by atoms with E-state index in [0.717, 1.165) is 11.8 Å². The van der Waals surface area contributed by atoms with Crippen LogP contribution in [-0.2, 0) is 11.3 Å². The zero-order chi connectivity index (χ0) is 8.81. The van der Waals surface area contributed by atoms with Crippen LogP contribution < -0.4 is 0 Å². The highest BCUT2D eigenvalue weighted by molar-refractivity contribution is 6.23. The lowest BCUT2D eigenvalue weighted by Crippen LogP contribution is -2.03. The second kappa shape index (κ2) is 4.28. The van der Waals surface area contributed by atoms with Gasteiger partial charge in [0, 0.05) is 0 Å². The number of ether oxygens (including phenoxy) is 1. The summed E-state index contributed by atoms with van der Waals surface area (Å²) in [4.78, 5) is 0. The van der Waals surface area contributed by atoms with Crippen molar-refractivity contribution in [3.63, 3.8) is 0 Å². The zero-order valence-corrected chi connectivity index (χ0v) is 6.58. The largest absolute Gasteiger partial charge is 0.472 e. The highest BCUT2D eigenvalue weighted by atomic mass is 16.5. The van der Waals surface area contributed by atoms with Crippen molar-refractivity contribution in [1.29, 1.82) is 10.8 Å². The number of benzene rings is 1. The highest BCUT2D eigenvalue weighted by Crippen LogP contribution is 1.99. The van der Waals surface area contributed by atoms with Crippen molar-refractivity contribution in [2.24, 2.45) is 0 Å². The molecule has 0 radical (unpaired) electrons. The summed E-state index contributed by atoms with van der Waals surface area (Å²) in [6, 6.07) is 9.57. The average Bonchev–Trinajstić information content (AvgIpc) is 2.16. The Kier molecular flexibility index (Phi) is 3.02. The summed E-state index contributed by atoms with van der Waals surface area (Å²) in [5.74, 6) is -0.112. The van der Waals surface area contributed by atoms with E-state index in [1.807, 2.05) is 30.3 Å². The lowest BCUT2D eigenvalue weighted by Gasteiger charge is -2.02. The van der Waals surface area contributed by atoms with Gasteiger partial charge in [-0.2, -0.15) is 0 Å². The van der Waals surface area contributed by atoms with Crippen LogP contribution >= 0.6 is 0 Å². The second-order valence-corrected chi connectivity index (χ2v) is 2.28. The van der Waals surface area contributed by atoms with Crippen LogP contribution in [0.15, 0.2) is 30.3 Å². The maximum atomic E-state index is 7.02. The molecule has 3 heteroatoms. The number of hydrogen-bond donors (Lipinski definition) is 2. The molecule has 2 N–H and O–H groups in total. The van der Waals surface area contributed by atoms with Crippen molar-refractivity contribution >= 4 is 12.1 Å². The topological polar surface area (TPSA) is 56.9 Å². The summed E-state index contributed by atoms with van der Waals surface area (Å²) in [7, 11) is 0. The fourth-order valence-electron chi connectivity index (χ4n) is 0.777. The fourth-order valence-corrected chi connectivity index (χ4v) is 0.777. The third-order valence-corrected chi connectivity index (χ3v) is 1.37. The molecule has 0 saturated carbocycles. The first kappa shape index (κ1) is 8.46. The Morgan fingerprint density at radius 3 is 2.58 bits per heavy atom. The van der Waals surface area contributed by atoms with Crippen LogP contribution in [0.25, 0.3) is 0 Å². The lowest BCUT2D eigenvalue weighted by atomic mass is 10.2. The standard InChI is InChI=1S/C9H10N2O/c10-6-9(11)12-7-8-4-2-1-3-5-8/h1-6,10-11H,7H2. The van der Waals surface area contributed by atoms with Gasteiger partial charge in [0.2, 0.25) is 5.90 Å². The van der Waals surface area contributed by atoms with Crippen molar-refractivity contribution in [2.75, 3.05) is 0 Å². The Morgan fingerprint density at radius 1 is 1.33 bits per heavy atom. The monoisotopic (exact) mass is 162 g/mol. The summed E-state index contributed by atoms with van der Waals surface area (Å²) in [6.07, 6.45) is 0.878. The lowest BCUT2D eigenvalue weighted by molar-refractivity contribution is 0.296. The molecule has 1 rings (SSSR count).